The van der Waals surface area contributed by atoms with Gasteiger partial charge in [0.15, 0.2) is 0 Å². The lowest BCUT2D eigenvalue weighted by Crippen LogP contribution is -2.41. The van der Waals surface area contributed by atoms with E-state index in [0.29, 0.717) is 25.1 Å². The Hall–Kier alpha value is -0.610. The van der Waals surface area contributed by atoms with Gasteiger partial charge in [0.1, 0.15) is 6.10 Å². The van der Waals surface area contributed by atoms with Gasteiger partial charge in [-0.3, -0.25) is 4.79 Å². The van der Waals surface area contributed by atoms with Crippen molar-refractivity contribution in [2.75, 3.05) is 19.7 Å². The first-order chi connectivity index (χ1) is 7.10. The molecule has 1 saturated heterocycles. The SMILES string of the molecule is CCOC(C)C(=O)N1CC(CN)CC1C. The van der Waals surface area contributed by atoms with Crippen LogP contribution in [0.3, 0.4) is 0 Å². The zero-order chi connectivity index (χ0) is 11.4. The monoisotopic (exact) mass is 214 g/mol. The maximum Gasteiger partial charge on any atom is 0.251 e. The summed E-state index contributed by atoms with van der Waals surface area (Å²) in [6.45, 7) is 7.82. The first-order valence-corrected chi connectivity index (χ1v) is 5.72. The molecule has 0 aromatic rings. The molecule has 4 heteroatoms. The lowest BCUT2D eigenvalue weighted by molar-refractivity contribution is -0.143. The number of carbonyl (C=O) groups is 1. The molecule has 1 heterocycles. The standard InChI is InChI=1S/C11H22N2O2/c1-4-15-9(3)11(14)13-7-10(6-12)5-8(13)2/h8-10H,4-7,12H2,1-3H3. The van der Waals surface area contributed by atoms with Gasteiger partial charge in [-0.25, -0.2) is 0 Å². The predicted octanol–water partition coefficient (Wildman–Crippen LogP) is 0.607. The van der Waals surface area contributed by atoms with Crippen LogP contribution in [0.2, 0.25) is 0 Å². The van der Waals surface area contributed by atoms with E-state index in [1.54, 1.807) is 0 Å². The van der Waals surface area contributed by atoms with Crippen LogP contribution in [0.5, 0.6) is 0 Å². The third kappa shape index (κ3) is 2.92. The molecule has 4 nitrogen and oxygen atoms in total. The molecule has 1 fully saturated rings. The van der Waals surface area contributed by atoms with Crippen molar-refractivity contribution in [2.45, 2.75) is 39.3 Å². The van der Waals surface area contributed by atoms with E-state index in [1.165, 1.54) is 0 Å². The first-order valence-electron chi connectivity index (χ1n) is 5.72. The minimum Gasteiger partial charge on any atom is -0.369 e. The van der Waals surface area contributed by atoms with E-state index in [9.17, 15) is 4.79 Å². The Kier molecular flexibility index (Phi) is 4.54. The average Bonchev–Trinajstić information content (AvgIpc) is 2.59. The van der Waals surface area contributed by atoms with E-state index in [1.807, 2.05) is 18.7 Å². The Labute approximate surface area is 91.8 Å². The van der Waals surface area contributed by atoms with Gasteiger partial charge in [-0.2, -0.15) is 0 Å². The number of hydrogen-bond acceptors (Lipinski definition) is 3. The van der Waals surface area contributed by atoms with Crippen molar-refractivity contribution in [3.8, 4) is 0 Å². The van der Waals surface area contributed by atoms with Crippen LogP contribution in [0.4, 0.5) is 0 Å². The summed E-state index contributed by atoms with van der Waals surface area (Å²) in [6, 6.07) is 0.300. The summed E-state index contributed by atoms with van der Waals surface area (Å²) >= 11 is 0. The van der Waals surface area contributed by atoms with Crippen molar-refractivity contribution >= 4 is 5.91 Å². The van der Waals surface area contributed by atoms with E-state index in [4.69, 9.17) is 10.5 Å². The molecule has 1 aliphatic rings. The normalized spacial score (nSPS) is 28.1. The van der Waals surface area contributed by atoms with Gasteiger partial charge in [0.2, 0.25) is 0 Å². The summed E-state index contributed by atoms with van der Waals surface area (Å²) in [7, 11) is 0. The van der Waals surface area contributed by atoms with Crippen molar-refractivity contribution in [2.24, 2.45) is 11.7 Å². The van der Waals surface area contributed by atoms with Crippen LogP contribution in [0, 0.1) is 5.92 Å². The molecule has 0 spiro atoms. The van der Waals surface area contributed by atoms with Crippen LogP contribution in [0.1, 0.15) is 27.2 Å². The third-order valence-corrected chi connectivity index (χ3v) is 3.04. The molecule has 15 heavy (non-hydrogen) atoms. The van der Waals surface area contributed by atoms with Crippen molar-refractivity contribution < 1.29 is 9.53 Å². The van der Waals surface area contributed by atoms with E-state index >= 15 is 0 Å². The smallest absolute Gasteiger partial charge is 0.251 e. The van der Waals surface area contributed by atoms with Gasteiger partial charge >= 0.3 is 0 Å². The van der Waals surface area contributed by atoms with Crippen LogP contribution in [0.25, 0.3) is 0 Å². The Bertz CT molecular complexity index is 221. The van der Waals surface area contributed by atoms with Crippen molar-refractivity contribution in [1.82, 2.24) is 4.90 Å². The Morgan fingerprint density at radius 3 is 2.80 bits per heavy atom. The number of hydrogen-bond donors (Lipinski definition) is 1. The predicted molar refractivity (Wildman–Crippen MR) is 59.4 cm³/mol. The van der Waals surface area contributed by atoms with Crippen molar-refractivity contribution in [3.05, 3.63) is 0 Å². The maximum atomic E-state index is 12.0. The summed E-state index contributed by atoms with van der Waals surface area (Å²) in [5.41, 5.74) is 5.62. The number of nitrogens with zero attached hydrogens (tertiary/aromatic N) is 1. The first kappa shape index (κ1) is 12.5. The van der Waals surface area contributed by atoms with Crippen molar-refractivity contribution in [3.63, 3.8) is 0 Å². The molecule has 1 rings (SSSR count). The van der Waals surface area contributed by atoms with Gasteiger partial charge in [0.05, 0.1) is 0 Å². The molecule has 0 saturated carbocycles. The van der Waals surface area contributed by atoms with Gasteiger partial charge < -0.3 is 15.4 Å². The molecule has 88 valence electrons. The summed E-state index contributed by atoms with van der Waals surface area (Å²) in [4.78, 5) is 13.9. The van der Waals surface area contributed by atoms with Gasteiger partial charge in [0, 0.05) is 19.2 Å². The van der Waals surface area contributed by atoms with E-state index in [0.717, 1.165) is 13.0 Å². The zero-order valence-corrected chi connectivity index (χ0v) is 9.90. The number of carbonyl (C=O) groups excluding carboxylic acids is 1. The number of amides is 1. The molecular weight excluding hydrogens is 192 g/mol. The Balaban J connectivity index is 2.53. The highest BCUT2D eigenvalue weighted by Gasteiger charge is 2.33. The fourth-order valence-electron chi connectivity index (χ4n) is 2.18. The second kappa shape index (κ2) is 5.47. The van der Waals surface area contributed by atoms with Crippen LogP contribution >= 0.6 is 0 Å². The van der Waals surface area contributed by atoms with Crippen molar-refractivity contribution in [1.29, 1.82) is 0 Å². The third-order valence-electron chi connectivity index (χ3n) is 3.04. The quantitative estimate of drug-likeness (QED) is 0.746. The summed E-state index contributed by atoms with van der Waals surface area (Å²) in [6.07, 6.45) is 0.690. The Morgan fingerprint density at radius 1 is 1.67 bits per heavy atom. The summed E-state index contributed by atoms with van der Waals surface area (Å²) in [5, 5.41) is 0. The van der Waals surface area contributed by atoms with Crippen LogP contribution in [0.15, 0.2) is 0 Å². The highest BCUT2D eigenvalue weighted by atomic mass is 16.5. The van der Waals surface area contributed by atoms with Gasteiger partial charge in [-0.05, 0) is 39.7 Å². The topological polar surface area (TPSA) is 55.6 Å². The van der Waals surface area contributed by atoms with E-state index < -0.39 is 0 Å². The second-order valence-electron chi connectivity index (χ2n) is 4.27. The summed E-state index contributed by atoms with van der Waals surface area (Å²) < 4.78 is 5.31. The molecule has 1 amide bonds. The lowest BCUT2D eigenvalue weighted by Gasteiger charge is -2.24. The largest absolute Gasteiger partial charge is 0.369 e. The van der Waals surface area contributed by atoms with E-state index in [-0.39, 0.29) is 12.0 Å². The second-order valence-corrected chi connectivity index (χ2v) is 4.27. The highest BCUT2D eigenvalue weighted by Crippen LogP contribution is 2.23. The van der Waals surface area contributed by atoms with E-state index in [2.05, 4.69) is 6.92 Å². The zero-order valence-electron chi connectivity index (χ0n) is 9.90. The molecule has 0 radical (unpaired) electrons. The molecule has 1 aliphatic heterocycles. The van der Waals surface area contributed by atoms with Gasteiger partial charge in [-0.1, -0.05) is 0 Å². The molecule has 0 aromatic carbocycles. The molecule has 0 aromatic heterocycles. The van der Waals surface area contributed by atoms with Crippen LogP contribution in [-0.4, -0.2) is 42.6 Å². The minimum absolute atomic E-state index is 0.0975. The summed E-state index contributed by atoms with van der Waals surface area (Å²) in [5.74, 6) is 0.554. The maximum absolute atomic E-state index is 12.0. The average molecular weight is 214 g/mol. The fraction of sp³-hybridized carbons (Fsp3) is 0.909. The number of rotatable bonds is 4. The fourth-order valence-corrected chi connectivity index (χ4v) is 2.18. The molecule has 3 unspecified atom stereocenters. The molecule has 0 bridgehead atoms. The van der Waals surface area contributed by atoms with Crippen LogP contribution < -0.4 is 5.73 Å². The lowest BCUT2D eigenvalue weighted by atomic mass is 10.1. The Morgan fingerprint density at radius 2 is 2.33 bits per heavy atom. The van der Waals surface area contributed by atoms with Gasteiger partial charge in [-0.15, -0.1) is 0 Å². The van der Waals surface area contributed by atoms with Crippen LogP contribution in [-0.2, 0) is 9.53 Å². The molecular formula is C11H22N2O2. The molecule has 3 atom stereocenters. The number of nitrogens with two attached hydrogens (primary N) is 1. The molecule has 0 aliphatic carbocycles. The molecule has 2 N–H and O–H groups in total. The number of likely N-dealkylation sites (tertiary alicyclic amines) is 1. The number of ether oxygens (including phenoxy) is 1. The minimum atomic E-state index is -0.325. The highest BCUT2D eigenvalue weighted by molar-refractivity contribution is 5.81. The van der Waals surface area contributed by atoms with Gasteiger partial charge in [0.25, 0.3) is 5.91 Å².